The number of halogens is 3. The lowest BCUT2D eigenvalue weighted by molar-refractivity contribution is -0.0303. The summed E-state index contributed by atoms with van der Waals surface area (Å²) in [5.74, 6) is -2.54. The summed E-state index contributed by atoms with van der Waals surface area (Å²) < 4.78 is 26.8. The number of alkyl halides is 2. The standard InChI is InChI=1S/C11H12BrF2N/c12-9-3-1-8(2-4-9)10-5-6-11(13,14)7-15-10/h1-4,10,15H,5-7H2. The molecule has 1 aromatic carbocycles. The van der Waals surface area contributed by atoms with Crippen molar-refractivity contribution in [3.63, 3.8) is 0 Å². The second kappa shape index (κ2) is 4.18. The zero-order valence-corrected chi connectivity index (χ0v) is 9.73. The van der Waals surface area contributed by atoms with E-state index in [1.165, 1.54) is 0 Å². The van der Waals surface area contributed by atoms with Gasteiger partial charge in [-0.15, -0.1) is 0 Å². The normalized spacial score (nSPS) is 25.1. The molecule has 0 radical (unpaired) electrons. The molecular weight excluding hydrogens is 264 g/mol. The Morgan fingerprint density at radius 3 is 2.47 bits per heavy atom. The second-order valence-corrected chi connectivity index (χ2v) is 4.80. The molecule has 0 amide bonds. The molecule has 1 atom stereocenters. The van der Waals surface area contributed by atoms with E-state index in [4.69, 9.17) is 0 Å². The van der Waals surface area contributed by atoms with Gasteiger partial charge >= 0.3 is 0 Å². The first-order chi connectivity index (χ1) is 7.07. The Hall–Kier alpha value is -0.480. The Balaban J connectivity index is 2.04. The second-order valence-electron chi connectivity index (χ2n) is 3.88. The van der Waals surface area contributed by atoms with Crippen LogP contribution in [0.5, 0.6) is 0 Å². The summed E-state index contributed by atoms with van der Waals surface area (Å²) in [6.45, 7) is -0.215. The Morgan fingerprint density at radius 1 is 1.27 bits per heavy atom. The Morgan fingerprint density at radius 2 is 1.93 bits per heavy atom. The molecule has 1 saturated heterocycles. The van der Waals surface area contributed by atoms with E-state index in [-0.39, 0.29) is 19.0 Å². The van der Waals surface area contributed by atoms with Gasteiger partial charge in [-0.2, -0.15) is 0 Å². The van der Waals surface area contributed by atoms with Crippen LogP contribution in [0.25, 0.3) is 0 Å². The fourth-order valence-electron chi connectivity index (χ4n) is 1.80. The molecule has 0 aromatic heterocycles. The fourth-order valence-corrected chi connectivity index (χ4v) is 2.06. The van der Waals surface area contributed by atoms with Crippen molar-refractivity contribution in [1.82, 2.24) is 5.32 Å². The lowest BCUT2D eigenvalue weighted by Crippen LogP contribution is -2.40. The molecule has 1 aromatic rings. The average Bonchev–Trinajstić information content (AvgIpc) is 2.20. The van der Waals surface area contributed by atoms with Crippen molar-refractivity contribution in [2.45, 2.75) is 24.8 Å². The molecule has 15 heavy (non-hydrogen) atoms. The summed E-state index contributed by atoms with van der Waals surface area (Å²) >= 11 is 3.35. The highest BCUT2D eigenvalue weighted by Gasteiger charge is 2.34. The molecular formula is C11H12BrF2N. The first-order valence-corrected chi connectivity index (χ1v) is 5.73. The van der Waals surface area contributed by atoms with Gasteiger partial charge in [-0.05, 0) is 24.1 Å². The lowest BCUT2D eigenvalue weighted by Gasteiger charge is -2.29. The van der Waals surface area contributed by atoms with Crippen LogP contribution < -0.4 is 5.32 Å². The van der Waals surface area contributed by atoms with Crippen LogP contribution in [0.15, 0.2) is 28.7 Å². The number of piperidine rings is 1. The van der Waals surface area contributed by atoms with Gasteiger partial charge in [0.15, 0.2) is 0 Å². The number of hydrogen-bond acceptors (Lipinski definition) is 1. The van der Waals surface area contributed by atoms with Gasteiger partial charge in [0, 0.05) is 16.9 Å². The molecule has 4 heteroatoms. The van der Waals surface area contributed by atoms with Gasteiger partial charge in [0.2, 0.25) is 0 Å². The molecule has 82 valence electrons. The van der Waals surface area contributed by atoms with E-state index in [0.29, 0.717) is 6.42 Å². The third-order valence-electron chi connectivity index (χ3n) is 2.68. The van der Waals surface area contributed by atoms with E-state index in [0.717, 1.165) is 10.0 Å². The van der Waals surface area contributed by atoms with E-state index in [9.17, 15) is 8.78 Å². The summed E-state index contributed by atoms with van der Waals surface area (Å²) in [5.41, 5.74) is 1.08. The molecule has 1 unspecified atom stereocenters. The quantitative estimate of drug-likeness (QED) is 0.827. The highest BCUT2D eigenvalue weighted by Crippen LogP contribution is 2.31. The smallest absolute Gasteiger partial charge is 0.260 e. The van der Waals surface area contributed by atoms with Crippen LogP contribution in [0, 0.1) is 0 Å². The molecule has 1 aliphatic heterocycles. The number of benzene rings is 1. The summed E-state index contributed by atoms with van der Waals surface area (Å²) in [7, 11) is 0. The maximum absolute atomic E-state index is 12.9. The summed E-state index contributed by atoms with van der Waals surface area (Å²) in [5, 5.41) is 2.88. The largest absolute Gasteiger partial charge is 0.304 e. The van der Waals surface area contributed by atoms with Crippen molar-refractivity contribution < 1.29 is 8.78 Å². The SMILES string of the molecule is FC1(F)CCC(c2ccc(Br)cc2)NC1. The highest BCUT2D eigenvalue weighted by molar-refractivity contribution is 9.10. The van der Waals surface area contributed by atoms with Gasteiger partial charge in [0.05, 0.1) is 6.54 Å². The van der Waals surface area contributed by atoms with Crippen LogP contribution in [0.2, 0.25) is 0 Å². The Labute approximate surface area is 96.0 Å². The summed E-state index contributed by atoms with van der Waals surface area (Å²) in [4.78, 5) is 0. The molecule has 0 aliphatic carbocycles. The third kappa shape index (κ3) is 2.75. The number of hydrogen-bond donors (Lipinski definition) is 1. The van der Waals surface area contributed by atoms with Crippen LogP contribution in [-0.2, 0) is 0 Å². The van der Waals surface area contributed by atoms with E-state index in [1.54, 1.807) is 0 Å². The van der Waals surface area contributed by atoms with Crippen LogP contribution in [0.1, 0.15) is 24.4 Å². The van der Waals surface area contributed by atoms with Crippen LogP contribution >= 0.6 is 15.9 Å². The van der Waals surface area contributed by atoms with Gasteiger partial charge < -0.3 is 5.32 Å². The molecule has 0 saturated carbocycles. The topological polar surface area (TPSA) is 12.0 Å². The predicted octanol–water partition coefficient (Wildman–Crippen LogP) is 3.51. The minimum Gasteiger partial charge on any atom is -0.304 e. The molecule has 1 N–H and O–H groups in total. The van der Waals surface area contributed by atoms with Crippen molar-refractivity contribution in [3.05, 3.63) is 34.3 Å². The molecule has 1 fully saturated rings. The van der Waals surface area contributed by atoms with Gasteiger partial charge in [-0.25, -0.2) is 8.78 Å². The van der Waals surface area contributed by atoms with Crippen LogP contribution in [0.3, 0.4) is 0 Å². The minimum absolute atomic E-state index is 0.0271. The fraction of sp³-hybridized carbons (Fsp3) is 0.455. The lowest BCUT2D eigenvalue weighted by atomic mass is 9.96. The molecule has 2 rings (SSSR count). The zero-order chi connectivity index (χ0) is 10.9. The number of rotatable bonds is 1. The van der Waals surface area contributed by atoms with Crippen molar-refractivity contribution in [2.24, 2.45) is 0 Å². The molecule has 1 heterocycles. The van der Waals surface area contributed by atoms with Crippen LogP contribution in [-0.4, -0.2) is 12.5 Å². The maximum Gasteiger partial charge on any atom is 0.260 e. The third-order valence-corrected chi connectivity index (χ3v) is 3.21. The maximum atomic E-state index is 12.9. The van der Waals surface area contributed by atoms with E-state index < -0.39 is 5.92 Å². The number of nitrogens with one attached hydrogen (secondary N) is 1. The van der Waals surface area contributed by atoms with Crippen molar-refractivity contribution in [1.29, 1.82) is 0 Å². The molecule has 1 nitrogen and oxygen atoms in total. The molecule has 1 aliphatic rings. The van der Waals surface area contributed by atoms with E-state index in [1.807, 2.05) is 24.3 Å². The van der Waals surface area contributed by atoms with Crippen molar-refractivity contribution in [2.75, 3.05) is 6.54 Å². The van der Waals surface area contributed by atoms with Crippen molar-refractivity contribution in [3.8, 4) is 0 Å². The summed E-state index contributed by atoms with van der Waals surface area (Å²) in [6, 6.07) is 7.86. The first-order valence-electron chi connectivity index (χ1n) is 4.93. The van der Waals surface area contributed by atoms with E-state index in [2.05, 4.69) is 21.2 Å². The Kier molecular flexibility index (Phi) is 3.07. The average molecular weight is 276 g/mol. The summed E-state index contributed by atoms with van der Waals surface area (Å²) in [6.07, 6.45) is 0.468. The van der Waals surface area contributed by atoms with E-state index >= 15 is 0 Å². The van der Waals surface area contributed by atoms with Gasteiger partial charge in [-0.3, -0.25) is 0 Å². The van der Waals surface area contributed by atoms with Gasteiger partial charge in [0.25, 0.3) is 5.92 Å². The molecule has 0 bridgehead atoms. The molecule has 0 spiro atoms. The van der Waals surface area contributed by atoms with Gasteiger partial charge in [0.1, 0.15) is 0 Å². The minimum atomic E-state index is -2.54. The monoisotopic (exact) mass is 275 g/mol. The highest BCUT2D eigenvalue weighted by atomic mass is 79.9. The predicted molar refractivity (Wildman–Crippen MR) is 59.1 cm³/mol. The van der Waals surface area contributed by atoms with Crippen molar-refractivity contribution >= 4 is 15.9 Å². The van der Waals surface area contributed by atoms with Crippen LogP contribution in [0.4, 0.5) is 8.78 Å². The Bertz CT molecular complexity index is 327. The first kappa shape index (κ1) is 11.0. The zero-order valence-electron chi connectivity index (χ0n) is 8.14. The van der Waals surface area contributed by atoms with Gasteiger partial charge in [-0.1, -0.05) is 28.1 Å².